The molecule has 43 heavy (non-hydrogen) atoms. The standard InChI is InChI=1S/C31H36FN3O7Si/c1-17-29(43(3,4)32)25(13-26(38)34-15-20-8-6-5-7-19(20)11-22(34)16-36)42-31(17)23-12-21(9-10-24(23)33-30(31)40)35-27(39)14-28(35)41-18(2)37/h5-10,12,17,22,25,28-29,36H,11,13-16H2,1-4H3,(H,33,40)/t17-,22-,25+,28?,29-,31+/m0/s1. The Labute approximate surface area is 250 Å². The Balaban J connectivity index is 1.33. The molecule has 0 saturated carbocycles. The Morgan fingerprint density at radius 2 is 1.88 bits per heavy atom. The predicted octanol–water partition coefficient (Wildman–Crippen LogP) is 3.38. The fourth-order valence-electron chi connectivity index (χ4n) is 7.52. The van der Waals surface area contributed by atoms with Crippen LogP contribution in [0.25, 0.3) is 0 Å². The van der Waals surface area contributed by atoms with E-state index in [9.17, 15) is 24.3 Å². The number of ether oxygens (including phenoxy) is 2. The van der Waals surface area contributed by atoms with Crippen molar-refractivity contribution >= 4 is 43.5 Å². The van der Waals surface area contributed by atoms with E-state index >= 15 is 4.11 Å². The maximum absolute atomic E-state index is 16.1. The summed E-state index contributed by atoms with van der Waals surface area (Å²) in [5.74, 6) is -2.10. The first kappa shape index (κ1) is 29.5. The molecule has 2 saturated heterocycles. The smallest absolute Gasteiger partial charge is 0.304 e. The van der Waals surface area contributed by atoms with E-state index in [1.807, 2.05) is 24.3 Å². The van der Waals surface area contributed by atoms with E-state index in [4.69, 9.17) is 9.47 Å². The van der Waals surface area contributed by atoms with Gasteiger partial charge in [-0.1, -0.05) is 31.2 Å². The molecule has 4 aliphatic heterocycles. The lowest BCUT2D eigenvalue weighted by atomic mass is 9.82. The highest BCUT2D eigenvalue weighted by Crippen LogP contribution is 2.59. The van der Waals surface area contributed by atoms with E-state index in [-0.39, 0.29) is 31.3 Å². The summed E-state index contributed by atoms with van der Waals surface area (Å²) in [6.07, 6.45) is -1.22. The van der Waals surface area contributed by atoms with Gasteiger partial charge in [-0.2, -0.15) is 0 Å². The molecule has 6 atom stereocenters. The summed E-state index contributed by atoms with van der Waals surface area (Å²) >= 11 is 0. The normalized spacial score (nSPS) is 29.7. The van der Waals surface area contributed by atoms with Crippen molar-refractivity contribution in [2.24, 2.45) is 5.92 Å². The minimum absolute atomic E-state index is 0.0512. The average Bonchev–Trinajstić information content (AvgIpc) is 3.39. The Hall–Kier alpha value is -3.61. The number of carbonyl (C=O) groups excluding carboxylic acids is 4. The summed E-state index contributed by atoms with van der Waals surface area (Å²) in [5.41, 5.74) is 1.18. The molecular formula is C31H36FN3O7Si. The molecule has 2 aromatic carbocycles. The summed E-state index contributed by atoms with van der Waals surface area (Å²) in [4.78, 5) is 54.6. The van der Waals surface area contributed by atoms with Gasteiger partial charge in [0.15, 0.2) is 11.8 Å². The lowest BCUT2D eigenvalue weighted by Gasteiger charge is -2.39. The molecule has 4 heterocycles. The van der Waals surface area contributed by atoms with Gasteiger partial charge < -0.3 is 28.9 Å². The monoisotopic (exact) mass is 609 g/mol. The van der Waals surface area contributed by atoms with E-state index in [0.29, 0.717) is 29.9 Å². The molecule has 1 unspecified atom stereocenters. The highest BCUT2D eigenvalue weighted by atomic mass is 28.4. The number of amides is 3. The Morgan fingerprint density at radius 3 is 2.53 bits per heavy atom. The van der Waals surface area contributed by atoms with Gasteiger partial charge in [-0.15, -0.1) is 0 Å². The number of halogens is 1. The van der Waals surface area contributed by atoms with Crippen LogP contribution in [-0.4, -0.2) is 67.1 Å². The number of aliphatic hydroxyl groups is 1. The van der Waals surface area contributed by atoms with Gasteiger partial charge in [-0.3, -0.25) is 24.1 Å². The van der Waals surface area contributed by atoms with Gasteiger partial charge in [-0.05, 0) is 48.8 Å². The third-order valence-corrected chi connectivity index (χ3v) is 11.9. The van der Waals surface area contributed by atoms with Crippen LogP contribution < -0.4 is 10.2 Å². The SMILES string of the molecule is CC(=O)OC1CC(=O)N1c1ccc2c(c1)[C@@]1(O[C@H](CC(=O)N3Cc4ccccc4C[C@H]3CO)[C@@H]([Si](C)(C)F)[C@@H]1C)C(=O)N2. The summed E-state index contributed by atoms with van der Waals surface area (Å²) in [6.45, 7) is 6.30. The zero-order valence-corrected chi connectivity index (χ0v) is 25.6. The van der Waals surface area contributed by atoms with Crippen LogP contribution in [0, 0.1) is 5.92 Å². The number of β-lactam (4-membered cyclic amide) rings is 1. The summed E-state index contributed by atoms with van der Waals surface area (Å²) in [5, 5.41) is 13.0. The molecule has 2 fully saturated rings. The molecule has 0 bridgehead atoms. The minimum atomic E-state index is -3.51. The number of esters is 1. The third-order valence-electron chi connectivity index (χ3n) is 9.45. The fraction of sp³-hybridized carbons (Fsp3) is 0.484. The molecule has 6 rings (SSSR count). The molecule has 2 aromatic rings. The van der Waals surface area contributed by atoms with Gasteiger partial charge in [-0.25, -0.2) is 0 Å². The van der Waals surface area contributed by atoms with Crippen molar-refractivity contribution in [1.82, 2.24) is 4.90 Å². The van der Waals surface area contributed by atoms with Crippen molar-refractivity contribution in [1.29, 1.82) is 0 Å². The lowest BCUT2D eigenvalue weighted by Crippen LogP contribution is -2.55. The number of nitrogens with zero attached hydrogens (tertiary/aromatic N) is 2. The van der Waals surface area contributed by atoms with Crippen molar-refractivity contribution in [2.75, 3.05) is 16.8 Å². The summed E-state index contributed by atoms with van der Waals surface area (Å²) < 4.78 is 28.0. The summed E-state index contributed by atoms with van der Waals surface area (Å²) in [6, 6.07) is 12.3. The molecule has 1 spiro atoms. The Morgan fingerprint density at radius 1 is 1.16 bits per heavy atom. The number of carbonyl (C=O) groups is 4. The first-order chi connectivity index (χ1) is 20.3. The van der Waals surface area contributed by atoms with Crippen LogP contribution in [-0.2, 0) is 47.2 Å². The lowest BCUT2D eigenvalue weighted by molar-refractivity contribution is -0.154. The van der Waals surface area contributed by atoms with E-state index in [1.54, 1.807) is 43.1 Å². The maximum Gasteiger partial charge on any atom is 0.304 e. The molecule has 3 amide bonds. The first-order valence-electron chi connectivity index (χ1n) is 14.6. The number of nitrogens with one attached hydrogen (secondary N) is 1. The molecule has 0 aliphatic carbocycles. The topological polar surface area (TPSA) is 125 Å². The number of hydrogen-bond acceptors (Lipinski definition) is 7. The number of benzene rings is 2. The molecular weight excluding hydrogens is 573 g/mol. The van der Waals surface area contributed by atoms with Crippen LogP contribution in [0.4, 0.5) is 15.5 Å². The molecule has 228 valence electrons. The van der Waals surface area contributed by atoms with Gasteiger partial charge in [0.05, 0.1) is 31.6 Å². The van der Waals surface area contributed by atoms with Crippen LogP contribution in [0.3, 0.4) is 0 Å². The highest BCUT2D eigenvalue weighted by Gasteiger charge is 2.65. The van der Waals surface area contributed by atoms with Crippen molar-refractivity contribution in [3.8, 4) is 0 Å². The zero-order valence-electron chi connectivity index (χ0n) is 24.6. The second kappa shape index (κ2) is 10.5. The van der Waals surface area contributed by atoms with Crippen LogP contribution in [0.5, 0.6) is 0 Å². The third kappa shape index (κ3) is 4.75. The average molecular weight is 610 g/mol. The molecule has 0 radical (unpaired) electrons. The molecule has 4 aliphatic rings. The van der Waals surface area contributed by atoms with Crippen LogP contribution in [0.2, 0.25) is 18.6 Å². The second-order valence-corrected chi connectivity index (χ2v) is 16.3. The van der Waals surface area contributed by atoms with E-state index in [1.165, 1.54) is 11.8 Å². The van der Waals surface area contributed by atoms with Gasteiger partial charge >= 0.3 is 5.97 Å². The fourth-order valence-corrected chi connectivity index (χ4v) is 10.0. The molecule has 2 N–H and O–H groups in total. The largest absolute Gasteiger partial charge is 0.441 e. The number of hydrogen-bond donors (Lipinski definition) is 2. The van der Waals surface area contributed by atoms with Gasteiger partial charge in [0.25, 0.3) is 5.91 Å². The highest BCUT2D eigenvalue weighted by molar-refractivity contribution is 6.72. The predicted molar refractivity (Wildman–Crippen MR) is 157 cm³/mol. The number of rotatable bonds is 6. The van der Waals surface area contributed by atoms with Crippen molar-refractivity contribution < 1.29 is 37.9 Å². The van der Waals surface area contributed by atoms with E-state index in [0.717, 1.165) is 11.1 Å². The number of anilines is 2. The van der Waals surface area contributed by atoms with Crippen molar-refractivity contribution in [3.63, 3.8) is 0 Å². The number of aliphatic hydroxyl groups excluding tert-OH is 1. The van der Waals surface area contributed by atoms with E-state index in [2.05, 4.69) is 5.32 Å². The summed E-state index contributed by atoms with van der Waals surface area (Å²) in [7, 11) is -3.51. The Kier molecular flexibility index (Phi) is 7.21. The first-order valence-corrected chi connectivity index (χ1v) is 17.6. The van der Waals surface area contributed by atoms with Crippen LogP contribution in [0.15, 0.2) is 42.5 Å². The molecule has 10 nitrogen and oxygen atoms in total. The maximum atomic E-state index is 16.1. The molecule has 0 aromatic heterocycles. The van der Waals surface area contributed by atoms with Gasteiger partial charge in [0, 0.05) is 41.9 Å². The van der Waals surface area contributed by atoms with Crippen LogP contribution >= 0.6 is 0 Å². The number of fused-ring (bicyclic) bond motifs is 3. The zero-order chi connectivity index (χ0) is 30.8. The minimum Gasteiger partial charge on any atom is -0.441 e. The van der Waals surface area contributed by atoms with Gasteiger partial charge in [0.2, 0.25) is 20.2 Å². The van der Waals surface area contributed by atoms with Crippen LogP contribution in [0.1, 0.15) is 43.4 Å². The van der Waals surface area contributed by atoms with E-state index < -0.39 is 55.7 Å². The Bertz CT molecular complexity index is 1510. The van der Waals surface area contributed by atoms with Crippen molar-refractivity contribution in [3.05, 3.63) is 59.2 Å². The van der Waals surface area contributed by atoms with Gasteiger partial charge in [0.1, 0.15) is 0 Å². The quantitative estimate of drug-likeness (QED) is 0.223. The van der Waals surface area contributed by atoms with Crippen molar-refractivity contribution in [2.45, 2.75) is 82.3 Å². The molecule has 12 heteroatoms. The second-order valence-electron chi connectivity index (χ2n) is 12.5.